The fourth-order valence-electron chi connectivity index (χ4n) is 2.06. The first-order valence-electron chi connectivity index (χ1n) is 6.33. The quantitative estimate of drug-likeness (QED) is 0.507. The normalized spacial score (nSPS) is 16.3. The van der Waals surface area contributed by atoms with E-state index in [1.807, 2.05) is 54.6 Å². The molecule has 2 aromatic rings. The number of hydrogen-bond acceptors (Lipinski definition) is 4. The molecule has 1 aliphatic rings. The van der Waals surface area contributed by atoms with E-state index in [9.17, 15) is 4.79 Å². The molecule has 3 N–H and O–H groups in total. The Labute approximate surface area is 132 Å². The standard InChI is InChI=1S/C16H12N2OS2/c17-13-3-1-2-12(9-13)11-6-4-10(5-7-11)8-14-15(19)18-16(20)21-14/h1-9H,17H2,(H,18,19,20)/b14-8-. The molecule has 2 aromatic carbocycles. The Morgan fingerprint density at radius 3 is 2.48 bits per heavy atom. The summed E-state index contributed by atoms with van der Waals surface area (Å²) in [4.78, 5) is 12.2. The first kappa shape index (κ1) is 13.9. The fourth-order valence-corrected chi connectivity index (χ4v) is 3.11. The van der Waals surface area contributed by atoms with Gasteiger partial charge in [0.25, 0.3) is 5.91 Å². The molecule has 0 saturated carbocycles. The van der Waals surface area contributed by atoms with Crippen molar-refractivity contribution in [1.29, 1.82) is 0 Å². The predicted molar refractivity (Wildman–Crippen MR) is 92.6 cm³/mol. The average molecular weight is 312 g/mol. The highest BCUT2D eigenvalue weighted by atomic mass is 32.2. The largest absolute Gasteiger partial charge is 0.399 e. The topological polar surface area (TPSA) is 55.1 Å². The van der Waals surface area contributed by atoms with E-state index in [1.165, 1.54) is 11.8 Å². The molecule has 104 valence electrons. The summed E-state index contributed by atoms with van der Waals surface area (Å²) in [5.74, 6) is -0.134. The van der Waals surface area contributed by atoms with Crippen LogP contribution >= 0.6 is 24.0 Å². The van der Waals surface area contributed by atoms with E-state index in [0.717, 1.165) is 22.4 Å². The number of carbonyl (C=O) groups is 1. The molecule has 1 heterocycles. The van der Waals surface area contributed by atoms with E-state index in [-0.39, 0.29) is 5.91 Å². The van der Waals surface area contributed by atoms with E-state index in [1.54, 1.807) is 0 Å². The third kappa shape index (κ3) is 3.15. The lowest BCUT2D eigenvalue weighted by atomic mass is 10.0. The molecule has 1 fully saturated rings. The predicted octanol–water partition coefficient (Wildman–Crippen LogP) is 3.42. The molecule has 0 aromatic heterocycles. The van der Waals surface area contributed by atoms with Crippen molar-refractivity contribution in [2.75, 3.05) is 5.73 Å². The summed E-state index contributed by atoms with van der Waals surface area (Å²) in [7, 11) is 0. The highest BCUT2D eigenvalue weighted by molar-refractivity contribution is 8.26. The Hall–Kier alpha value is -2.11. The van der Waals surface area contributed by atoms with Crippen molar-refractivity contribution in [2.24, 2.45) is 0 Å². The van der Waals surface area contributed by atoms with Crippen LogP contribution in [0.1, 0.15) is 5.56 Å². The third-order valence-electron chi connectivity index (χ3n) is 3.07. The monoisotopic (exact) mass is 312 g/mol. The number of thiocarbonyl (C=S) groups is 1. The minimum absolute atomic E-state index is 0.134. The molecule has 1 saturated heterocycles. The first-order valence-corrected chi connectivity index (χ1v) is 7.55. The van der Waals surface area contributed by atoms with Crippen LogP contribution in [0.5, 0.6) is 0 Å². The molecule has 0 unspecified atom stereocenters. The molecule has 21 heavy (non-hydrogen) atoms. The van der Waals surface area contributed by atoms with Gasteiger partial charge in [0.1, 0.15) is 4.32 Å². The zero-order valence-electron chi connectivity index (χ0n) is 11.0. The second-order valence-electron chi connectivity index (χ2n) is 4.60. The SMILES string of the molecule is Nc1cccc(-c2ccc(/C=C3\SC(=S)NC3=O)cc2)c1. The van der Waals surface area contributed by atoms with Gasteiger partial charge in [-0.25, -0.2) is 0 Å². The maximum Gasteiger partial charge on any atom is 0.263 e. The Kier molecular flexibility index (Phi) is 3.77. The lowest BCUT2D eigenvalue weighted by Crippen LogP contribution is -2.17. The van der Waals surface area contributed by atoms with Crippen LogP contribution in [-0.2, 0) is 4.79 Å². The Bertz CT molecular complexity index is 751. The van der Waals surface area contributed by atoms with E-state index in [4.69, 9.17) is 18.0 Å². The van der Waals surface area contributed by atoms with Crippen molar-refractivity contribution in [1.82, 2.24) is 5.32 Å². The van der Waals surface area contributed by atoms with Gasteiger partial charge in [0, 0.05) is 5.69 Å². The molecule has 0 aliphatic carbocycles. The van der Waals surface area contributed by atoms with Gasteiger partial charge >= 0.3 is 0 Å². The van der Waals surface area contributed by atoms with Gasteiger partial charge in [0.2, 0.25) is 0 Å². The van der Waals surface area contributed by atoms with Crippen molar-refractivity contribution in [3.63, 3.8) is 0 Å². The summed E-state index contributed by atoms with van der Waals surface area (Å²) < 4.78 is 0.502. The van der Waals surface area contributed by atoms with Crippen LogP contribution in [0.15, 0.2) is 53.4 Å². The number of nitrogens with two attached hydrogens (primary N) is 1. The van der Waals surface area contributed by atoms with Gasteiger partial charge in [0.05, 0.1) is 4.91 Å². The average Bonchev–Trinajstić information content (AvgIpc) is 2.78. The summed E-state index contributed by atoms with van der Waals surface area (Å²) in [6.07, 6.45) is 1.84. The number of benzene rings is 2. The number of nitrogens with one attached hydrogen (secondary N) is 1. The van der Waals surface area contributed by atoms with Crippen molar-refractivity contribution in [2.45, 2.75) is 0 Å². The summed E-state index contributed by atoms with van der Waals surface area (Å²) in [5.41, 5.74) is 9.66. The molecule has 1 amide bonds. The lowest BCUT2D eigenvalue weighted by Gasteiger charge is -2.03. The van der Waals surface area contributed by atoms with E-state index < -0.39 is 0 Å². The molecular weight excluding hydrogens is 300 g/mol. The number of carbonyl (C=O) groups excluding carboxylic acids is 1. The molecule has 0 atom stereocenters. The van der Waals surface area contributed by atoms with Gasteiger partial charge in [-0.05, 0) is 34.9 Å². The number of rotatable bonds is 2. The minimum Gasteiger partial charge on any atom is -0.399 e. The number of nitrogen functional groups attached to an aromatic ring is 1. The Morgan fingerprint density at radius 2 is 1.86 bits per heavy atom. The maximum absolute atomic E-state index is 11.6. The number of amides is 1. The van der Waals surface area contributed by atoms with Crippen molar-refractivity contribution >= 4 is 46.0 Å². The highest BCUT2D eigenvalue weighted by Gasteiger charge is 2.21. The number of anilines is 1. The Morgan fingerprint density at radius 1 is 1.10 bits per heavy atom. The molecule has 5 heteroatoms. The number of thioether (sulfide) groups is 1. The van der Waals surface area contributed by atoms with Crippen LogP contribution in [0, 0.1) is 0 Å². The second-order valence-corrected chi connectivity index (χ2v) is 6.32. The van der Waals surface area contributed by atoms with Gasteiger partial charge in [-0.3, -0.25) is 4.79 Å². The second kappa shape index (κ2) is 5.71. The van der Waals surface area contributed by atoms with Gasteiger partial charge in [-0.1, -0.05) is 60.4 Å². The zero-order valence-corrected chi connectivity index (χ0v) is 12.6. The van der Waals surface area contributed by atoms with E-state index >= 15 is 0 Å². The van der Waals surface area contributed by atoms with Gasteiger partial charge in [0.15, 0.2) is 0 Å². The summed E-state index contributed by atoms with van der Waals surface area (Å²) >= 11 is 6.25. The van der Waals surface area contributed by atoms with Gasteiger partial charge < -0.3 is 11.1 Å². The summed E-state index contributed by atoms with van der Waals surface area (Å²) in [5, 5.41) is 2.60. The summed E-state index contributed by atoms with van der Waals surface area (Å²) in [6, 6.07) is 15.7. The van der Waals surface area contributed by atoms with Crippen molar-refractivity contribution in [3.8, 4) is 11.1 Å². The van der Waals surface area contributed by atoms with Crippen LogP contribution in [-0.4, -0.2) is 10.2 Å². The molecule has 0 bridgehead atoms. The first-order chi connectivity index (χ1) is 10.1. The van der Waals surface area contributed by atoms with E-state index in [0.29, 0.717) is 9.23 Å². The molecule has 0 spiro atoms. The smallest absolute Gasteiger partial charge is 0.263 e. The van der Waals surface area contributed by atoms with Crippen LogP contribution < -0.4 is 11.1 Å². The Balaban J connectivity index is 1.86. The highest BCUT2D eigenvalue weighted by Crippen LogP contribution is 2.27. The molecular formula is C16H12N2OS2. The van der Waals surface area contributed by atoms with Crippen LogP contribution in [0.3, 0.4) is 0 Å². The number of hydrogen-bond donors (Lipinski definition) is 2. The van der Waals surface area contributed by atoms with E-state index in [2.05, 4.69) is 5.32 Å². The molecule has 0 radical (unpaired) electrons. The minimum atomic E-state index is -0.134. The third-order valence-corrected chi connectivity index (χ3v) is 4.23. The zero-order chi connectivity index (χ0) is 14.8. The van der Waals surface area contributed by atoms with Crippen molar-refractivity contribution < 1.29 is 4.79 Å². The molecule has 1 aliphatic heterocycles. The van der Waals surface area contributed by atoms with Gasteiger partial charge in [-0.2, -0.15) is 0 Å². The maximum atomic E-state index is 11.6. The van der Waals surface area contributed by atoms with Crippen LogP contribution in [0.25, 0.3) is 17.2 Å². The lowest BCUT2D eigenvalue weighted by molar-refractivity contribution is -0.115. The van der Waals surface area contributed by atoms with Crippen LogP contribution in [0.4, 0.5) is 5.69 Å². The molecule has 3 rings (SSSR count). The summed E-state index contributed by atoms with van der Waals surface area (Å²) in [6.45, 7) is 0. The van der Waals surface area contributed by atoms with Gasteiger partial charge in [-0.15, -0.1) is 0 Å². The molecule has 3 nitrogen and oxygen atoms in total. The van der Waals surface area contributed by atoms with Crippen molar-refractivity contribution in [3.05, 3.63) is 59.0 Å². The van der Waals surface area contributed by atoms with Crippen LogP contribution in [0.2, 0.25) is 0 Å². The fraction of sp³-hybridized carbons (Fsp3) is 0.